The molecule has 0 aliphatic carbocycles. The lowest BCUT2D eigenvalue weighted by Crippen LogP contribution is -2.53. The zero-order chi connectivity index (χ0) is 16.3. The standard InChI is InChI=1S/C14H16F2N2O4/c15-13(16)22-10-3-1-2-9(8-10)11(19)18-6-4-14(21,5-7-18)12(17)20/h1-3,8,13,21H,4-7H2,(H2,17,20). The van der Waals surface area contributed by atoms with E-state index in [-0.39, 0.29) is 43.2 Å². The Labute approximate surface area is 125 Å². The average molecular weight is 314 g/mol. The normalized spacial score (nSPS) is 17.4. The second-order valence-electron chi connectivity index (χ2n) is 5.09. The number of likely N-dealkylation sites (tertiary alicyclic amines) is 1. The summed E-state index contributed by atoms with van der Waals surface area (Å²) in [5, 5.41) is 9.95. The molecule has 0 unspecified atom stereocenters. The summed E-state index contributed by atoms with van der Waals surface area (Å²) in [5.41, 5.74) is 3.72. The van der Waals surface area contributed by atoms with Crippen LogP contribution in [0, 0.1) is 0 Å². The number of halogens is 2. The van der Waals surface area contributed by atoms with Crippen LogP contribution in [0.15, 0.2) is 24.3 Å². The van der Waals surface area contributed by atoms with Crippen molar-refractivity contribution in [2.75, 3.05) is 13.1 Å². The number of hydrogen-bond donors (Lipinski definition) is 2. The molecule has 0 aromatic heterocycles. The minimum Gasteiger partial charge on any atom is -0.435 e. The molecule has 6 nitrogen and oxygen atoms in total. The molecule has 1 aromatic carbocycles. The minimum atomic E-state index is -2.97. The van der Waals surface area contributed by atoms with Crippen molar-refractivity contribution >= 4 is 11.8 Å². The lowest BCUT2D eigenvalue weighted by molar-refractivity contribution is -0.140. The molecule has 0 spiro atoms. The quantitative estimate of drug-likeness (QED) is 0.857. The second kappa shape index (κ2) is 6.27. The van der Waals surface area contributed by atoms with E-state index in [1.807, 2.05) is 0 Å². The predicted octanol–water partition coefficient (Wildman–Crippen LogP) is 0.740. The monoisotopic (exact) mass is 314 g/mol. The smallest absolute Gasteiger partial charge is 0.387 e. The van der Waals surface area contributed by atoms with Crippen LogP contribution >= 0.6 is 0 Å². The van der Waals surface area contributed by atoms with E-state index in [0.717, 1.165) is 0 Å². The zero-order valence-electron chi connectivity index (χ0n) is 11.7. The molecule has 8 heteroatoms. The van der Waals surface area contributed by atoms with Crippen LogP contribution in [0.2, 0.25) is 0 Å². The summed E-state index contributed by atoms with van der Waals surface area (Å²) in [7, 11) is 0. The largest absolute Gasteiger partial charge is 0.435 e. The number of ether oxygens (including phenoxy) is 1. The van der Waals surface area contributed by atoms with Gasteiger partial charge in [-0.2, -0.15) is 8.78 Å². The molecule has 3 N–H and O–H groups in total. The molecule has 2 amide bonds. The van der Waals surface area contributed by atoms with Gasteiger partial charge in [-0.25, -0.2) is 0 Å². The fourth-order valence-electron chi connectivity index (χ4n) is 2.31. The van der Waals surface area contributed by atoms with E-state index in [1.54, 1.807) is 0 Å². The number of piperidine rings is 1. The molecule has 22 heavy (non-hydrogen) atoms. The van der Waals surface area contributed by atoms with Crippen molar-refractivity contribution in [2.45, 2.75) is 25.1 Å². The summed E-state index contributed by atoms with van der Waals surface area (Å²) in [5.74, 6) is -1.30. The Morgan fingerprint density at radius 1 is 1.32 bits per heavy atom. The van der Waals surface area contributed by atoms with Gasteiger partial charge in [-0.1, -0.05) is 6.07 Å². The highest BCUT2D eigenvalue weighted by Gasteiger charge is 2.38. The summed E-state index contributed by atoms with van der Waals surface area (Å²) in [6, 6.07) is 5.47. The molecule has 2 rings (SSSR count). The Balaban J connectivity index is 2.05. The third-order valence-corrected chi connectivity index (χ3v) is 3.64. The zero-order valence-corrected chi connectivity index (χ0v) is 11.7. The third-order valence-electron chi connectivity index (χ3n) is 3.64. The molecule has 1 saturated heterocycles. The minimum absolute atomic E-state index is 0.0430. The molecule has 1 fully saturated rings. The number of carbonyl (C=O) groups excluding carboxylic acids is 2. The van der Waals surface area contributed by atoms with E-state index >= 15 is 0 Å². The van der Waals surface area contributed by atoms with Crippen LogP contribution in [0.5, 0.6) is 5.75 Å². The van der Waals surface area contributed by atoms with Gasteiger partial charge in [-0.15, -0.1) is 0 Å². The van der Waals surface area contributed by atoms with Crippen molar-refractivity contribution < 1.29 is 28.2 Å². The Morgan fingerprint density at radius 2 is 1.95 bits per heavy atom. The van der Waals surface area contributed by atoms with Crippen LogP contribution in [0.1, 0.15) is 23.2 Å². The molecule has 120 valence electrons. The van der Waals surface area contributed by atoms with E-state index < -0.39 is 18.1 Å². The molecule has 0 bridgehead atoms. The SMILES string of the molecule is NC(=O)C1(O)CCN(C(=O)c2cccc(OC(F)F)c2)CC1. The number of primary amides is 1. The van der Waals surface area contributed by atoms with Gasteiger partial charge >= 0.3 is 6.61 Å². The number of nitrogens with zero attached hydrogens (tertiary/aromatic N) is 1. The van der Waals surface area contributed by atoms with Gasteiger partial charge in [0.1, 0.15) is 11.4 Å². The molecule has 1 aromatic rings. The van der Waals surface area contributed by atoms with Crippen molar-refractivity contribution in [3.8, 4) is 5.75 Å². The van der Waals surface area contributed by atoms with Gasteiger partial charge in [0.2, 0.25) is 5.91 Å². The molecule has 0 saturated carbocycles. The fraction of sp³-hybridized carbons (Fsp3) is 0.429. The van der Waals surface area contributed by atoms with Gasteiger partial charge in [0.15, 0.2) is 0 Å². The average Bonchev–Trinajstić information content (AvgIpc) is 2.47. The number of carbonyl (C=O) groups is 2. The first kappa shape index (κ1) is 16.2. The predicted molar refractivity (Wildman–Crippen MR) is 72.4 cm³/mol. The highest BCUT2D eigenvalue weighted by molar-refractivity contribution is 5.95. The summed E-state index contributed by atoms with van der Waals surface area (Å²) in [6.45, 7) is -2.66. The van der Waals surface area contributed by atoms with E-state index in [2.05, 4.69) is 4.74 Å². The molecule has 1 aliphatic rings. The summed E-state index contributed by atoms with van der Waals surface area (Å²) in [6.07, 6.45) is 0.0859. The molecule has 1 aliphatic heterocycles. The van der Waals surface area contributed by atoms with E-state index in [1.165, 1.54) is 29.2 Å². The number of aliphatic hydroxyl groups is 1. The molecular formula is C14H16F2N2O4. The first-order valence-electron chi connectivity index (χ1n) is 6.68. The van der Waals surface area contributed by atoms with Crippen LogP contribution in [0.25, 0.3) is 0 Å². The van der Waals surface area contributed by atoms with Gasteiger partial charge in [0.05, 0.1) is 0 Å². The van der Waals surface area contributed by atoms with E-state index in [9.17, 15) is 23.5 Å². The third kappa shape index (κ3) is 3.51. The summed E-state index contributed by atoms with van der Waals surface area (Å²) < 4.78 is 28.6. The van der Waals surface area contributed by atoms with Gasteiger partial charge < -0.3 is 20.5 Å². The van der Waals surface area contributed by atoms with Crippen molar-refractivity contribution in [3.05, 3.63) is 29.8 Å². The Kier molecular flexibility index (Phi) is 4.60. The van der Waals surface area contributed by atoms with Crippen molar-refractivity contribution in [1.82, 2.24) is 4.90 Å². The van der Waals surface area contributed by atoms with Crippen molar-refractivity contribution in [1.29, 1.82) is 0 Å². The highest BCUT2D eigenvalue weighted by Crippen LogP contribution is 2.24. The second-order valence-corrected chi connectivity index (χ2v) is 5.09. The summed E-state index contributed by atoms with van der Waals surface area (Å²) >= 11 is 0. The molecular weight excluding hydrogens is 298 g/mol. The van der Waals surface area contributed by atoms with Gasteiger partial charge in [0, 0.05) is 31.5 Å². The molecule has 0 atom stereocenters. The van der Waals surface area contributed by atoms with Gasteiger partial charge in [-0.05, 0) is 18.2 Å². The maximum Gasteiger partial charge on any atom is 0.387 e. The number of alkyl halides is 2. The van der Waals surface area contributed by atoms with Crippen LogP contribution in [-0.4, -0.2) is 47.1 Å². The first-order chi connectivity index (χ1) is 10.3. The molecule has 1 heterocycles. The number of rotatable bonds is 4. The first-order valence-corrected chi connectivity index (χ1v) is 6.68. The number of hydrogen-bond acceptors (Lipinski definition) is 4. The van der Waals surface area contributed by atoms with Gasteiger partial charge in [0.25, 0.3) is 5.91 Å². The lowest BCUT2D eigenvalue weighted by Gasteiger charge is -2.36. The highest BCUT2D eigenvalue weighted by atomic mass is 19.3. The Hall–Kier alpha value is -2.22. The van der Waals surface area contributed by atoms with E-state index in [0.29, 0.717) is 0 Å². The molecule has 0 radical (unpaired) electrons. The van der Waals surface area contributed by atoms with Crippen LogP contribution < -0.4 is 10.5 Å². The number of amides is 2. The Bertz CT molecular complexity index is 572. The maximum absolute atomic E-state index is 12.3. The van der Waals surface area contributed by atoms with Crippen molar-refractivity contribution in [3.63, 3.8) is 0 Å². The summed E-state index contributed by atoms with van der Waals surface area (Å²) in [4.78, 5) is 24.9. The number of nitrogens with two attached hydrogens (primary N) is 1. The topological polar surface area (TPSA) is 92.9 Å². The maximum atomic E-state index is 12.3. The van der Waals surface area contributed by atoms with Crippen LogP contribution in [-0.2, 0) is 4.79 Å². The van der Waals surface area contributed by atoms with Crippen LogP contribution in [0.4, 0.5) is 8.78 Å². The fourth-order valence-corrected chi connectivity index (χ4v) is 2.31. The van der Waals surface area contributed by atoms with Crippen molar-refractivity contribution in [2.24, 2.45) is 5.73 Å². The van der Waals surface area contributed by atoms with Crippen LogP contribution in [0.3, 0.4) is 0 Å². The number of benzene rings is 1. The lowest BCUT2D eigenvalue weighted by atomic mass is 9.90. The van der Waals surface area contributed by atoms with Gasteiger partial charge in [-0.3, -0.25) is 9.59 Å². The van der Waals surface area contributed by atoms with E-state index in [4.69, 9.17) is 5.73 Å². The Morgan fingerprint density at radius 3 is 2.50 bits per heavy atom.